The number of aliphatic hydroxyl groups is 1. The van der Waals surface area contributed by atoms with E-state index in [0.717, 1.165) is 66.5 Å². The number of urea groups is 1. The van der Waals surface area contributed by atoms with Gasteiger partial charge in [0.05, 0.1) is 12.7 Å². The largest absolute Gasteiger partial charge is 0.497 e. The van der Waals surface area contributed by atoms with Crippen LogP contribution in [0.1, 0.15) is 19.3 Å². The van der Waals surface area contributed by atoms with E-state index in [-0.39, 0.29) is 12.1 Å². The highest BCUT2D eigenvalue weighted by molar-refractivity contribution is 5.74. The van der Waals surface area contributed by atoms with Crippen LogP contribution >= 0.6 is 0 Å². The molecule has 1 heterocycles. The summed E-state index contributed by atoms with van der Waals surface area (Å²) in [6, 6.07) is 8.07. The molecule has 5 aliphatic carbocycles. The van der Waals surface area contributed by atoms with Gasteiger partial charge in [0, 0.05) is 37.4 Å². The van der Waals surface area contributed by atoms with Crippen molar-refractivity contribution in [2.45, 2.75) is 30.9 Å². The van der Waals surface area contributed by atoms with Crippen LogP contribution in [-0.4, -0.2) is 49.5 Å². The minimum Gasteiger partial charge on any atom is -0.497 e. The number of carbonyl (C=O) groups is 1. The van der Waals surface area contributed by atoms with Crippen LogP contribution in [0.4, 0.5) is 10.5 Å². The highest BCUT2D eigenvalue weighted by Crippen LogP contribution is 2.85. The number of methoxy groups -OCH3 is 1. The lowest BCUT2D eigenvalue weighted by atomic mass is 9.56. The number of nitrogens with one attached hydrogen (secondary N) is 2. The van der Waals surface area contributed by atoms with Crippen molar-refractivity contribution in [2.75, 3.05) is 31.6 Å². The summed E-state index contributed by atoms with van der Waals surface area (Å²) in [5, 5.41) is 17.9. The summed E-state index contributed by atoms with van der Waals surface area (Å²) in [5.74, 6) is 6.57. The molecule has 0 aromatic heterocycles. The molecule has 6 aliphatic rings. The number of carbonyl (C=O) groups excluding carboxylic acids is 1. The van der Waals surface area contributed by atoms with E-state index >= 15 is 0 Å². The van der Waals surface area contributed by atoms with Crippen molar-refractivity contribution in [1.29, 1.82) is 0 Å². The quantitative estimate of drug-likeness (QED) is 0.696. The van der Waals surface area contributed by atoms with Gasteiger partial charge in [-0.3, -0.25) is 0 Å². The van der Waals surface area contributed by atoms with E-state index in [2.05, 4.69) is 21.6 Å². The van der Waals surface area contributed by atoms with Crippen LogP contribution in [0.3, 0.4) is 0 Å². The minimum atomic E-state index is -0.649. The Bertz CT molecular complexity index is 901. The molecule has 0 spiro atoms. The van der Waals surface area contributed by atoms with Gasteiger partial charge in [0.2, 0.25) is 0 Å². The summed E-state index contributed by atoms with van der Waals surface area (Å²) in [4.78, 5) is 15.0. The smallest absolute Gasteiger partial charge is 0.315 e. The first-order valence-electron chi connectivity index (χ1n) is 11.7. The molecule has 1 aromatic rings. The Morgan fingerprint density at radius 1 is 1.20 bits per heavy atom. The first-order chi connectivity index (χ1) is 14.6. The lowest BCUT2D eigenvalue weighted by Crippen LogP contribution is -2.60. The third kappa shape index (κ3) is 2.06. The van der Waals surface area contributed by atoms with E-state index in [9.17, 15) is 9.90 Å². The average molecular weight is 410 g/mol. The van der Waals surface area contributed by atoms with Crippen LogP contribution in [-0.2, 0) is 0 Å². The zero-order chi connectivity index (χ0) is 20.2. The van der Waals surface area contributed by atoms with E-state index < -0.39 is 5.60 Å². The molecule has 10 unspecified atom stereocenters. The van der Waals surface area contributed by atoms with Gasteiger partial charge >= 0.3 is 6.03 Å². The summed E-state index contributed by atoms with van der Waals surface area (Å²) >= 11 is 0. The first-order valence-corrected chi connectivity index (χ1v) is 11.7. The Morgan fingerprint density at radius 3 is 2.90 bits per heavy atom. The summed E-state index contributed by atoms with van der Waals surface area (Å²) in [6.45, 7) is 2.15. The number of fused-ring (bicyclic) bond motifs is 2. The van der Waals surface area contributed by atoms with Crippen molar-refractivity contribution >= 4 is 11.7 Å². The number of nitrogens with zero attached hydrogens (tertiary/aromatic N) is 1. The summed E-state index contributed by atoms with van der Waals surface area (Å²) in [5.41, 5.74) is 0.481. The van der Waals surface area contributed by atoms with Crippen molar-refractivity contribution in [3.05, 3.63) is 24.3 Å². The van der Waals surface area contributed by atoms with Gasteiger partial charge in [-0.15, -0.1) is 0 Å². The number of benzene rings is 1. The van der Waals surface area contributed by atoms with Crippen LogP contribution in [0, 0.1) is 47.3 Å². The molecule has 5 saturated carbocycles. The lowest BCUT2D eigenvalue weighted by Gasteiger charge is -2.51. The predicted molar refractivity (Wildman–Crippen MR) is 112 cm³/mol. The van der Waals surface area contributed by atoms with E-state index in [1.807, 2.05) is 18.2 Å². The maximum atomic E-state index is 12.7. The maximum Gasteiger partial charge on any atom is 0.315 e. The molecule has 1 aliphatic heterocycles. The summed E-state index contributed by atoms with van der Waals surface area (Å²) in [6.07, 6.45) is 3.64. The van der Waals surface area contributed by atoms with E-state index in [0.29, 0.717) is 18.4 Å². The van der Waals surface area contributed by atoms with Crippen molar-refractivity contribution in [3.63, 3.8) is 0 Å². The zero-order valence-electron chi connectivity index (χ0n) is 17.5. The fraction of sp³-hybridized carbons (Fsp3) is 0.708. The van der Waals surface area contributed by atoms with Crippen LogP contribution in [0.5, 0.6) is 5.75 Å². The average Bonchev–Trinajstić information content (AvgIpc) is 3.43. The standard InChI is InChI=1S/C24H31N3O3/c1-30-14-4-2-3-13(7-14)27-6-5-12(10-27)26-23(28)25-11-24(29)21-16-9-17-19-15(16)8-18(21)20(19)22(17)24/h2-4,7,12,15-22,29H,5-6,8-11H2,1H3,(H2,25,26,28). The topological polar surface area (TPSA) is 73.8 Å². The summed E-state index contributed by atoms with van der Waals surface area (Å²) in [7, 11) is 1.68. The van der Waals surface area contributed by atoms with Gasteiger partial charge < -0.3 is 25.4 Å². The molecular weight excluding hydrogens is 378 g/mol. The Kier molecular flexibility index (Phi) is 3.45. The van der Waals surface area contributed by atoms with Gasteiger partial charge in [-0.1, -0.05) is 6.07 Å². The Morgan fingerprint density at radius 2 is 2.03 bits per heavy atom. The minimum absolute atomic E-state index is 0.126. The molecule has 2 bridgehead atoms. The number of hydrogen-bond donors (Lipinski definition) is 3. The third-order valence-corrected chi connectivity index (χ3v) is 9.99. The number of rotatable bonds is 5. The van der Waals surface area contributed by atoms with Crippen molar-refractivity contribution in [3.8, 4) is 5.75 Å². The molecule has 6 fully saturated rings. The molecular formula is C24H31N3O3. The molecule has 0 radical (unpaired) electrons. The molecule has 30 heavy (non-hydrogen) atoms. The molecule has 3 N–H and O–H groups in total. The van der Waals surface area contributed by atoms with Crippen molar-refractivity contribution < 1.29 is 14.6 Å². The number of amides is 2. The first kappa shape index (κ1) is 17.7. The van der Waals surface area contributed by atoms with Crippen LogP contribution in [0.25, 0.3) is 0 Å². The molecule has 6 heteroatoms. The highest BCUT2D eigenvalue weighted by Gasteiger charge is 2.84. The summed E-state index contributed by atoms with van der Waals surface area (Å²) < 4.78 is 5.33. The van der Waals surface area contributed by atoms with E-state index in [1.54, 1.807) is 7.11 Å². The van der Waals surface area contributed by atoms with Gasteiger partial charge in [-0.25, -0.2) is 4.79 Å². The third-order valence-electron chi connectivity index (χ3n) is 9.99. The monoisotopic (exact) mass is 409 g/mol. The van der Waals surface area contributed by atoms with Crippen LogP contribution < -0.4 is 20.3 Å². The number of ether oxygens (including phenoxy) is 1. The molecule has 10 atom stereocenters. The van der Waals surface area contributed by atoms with Gasteiger partial charge in [-0.2, -0.15) is 0 Å². The molecule has 6 nitrogen and oxygen atoms in total. The normalized spacial score (nSPS) is 48.3. The van der Waals surface area contributed by atoms with Gasteiger partial charge in [-0.05, 0) is 78.7 Å². The maximum absolute atomic E-state index is 12.7. The zero-order valence-corrected chi connectivity index (χ0v) is 17.5. The van der Waals surface area contributed by atoms with E-state index in [4.69, 9.17) is 4.74 Å². The molecule has 2 amide bonds. The van der Waals surface area contributed by atoms with Crippen molar-refractivity contribution in [2.24, 2.45) is 47.3 Å². The number of hydrogen-bond acceptors (Lipinski definition) is 4. The number of anilines is 1. The van der Waals surface area contributed by atoms with Gasteiger partial charge in [0.25, 0.3) is 0 Å². The molecule has 1 aromatic carbocycles. The van der Waals surface area contributed by atoms with Crippen molar-refractivity contribution in [1.82, 2.24) is 10.6 Å². The van der Waals surface area contributed by atoms with Crippen LogP contribution in [0.15, 0.2) is 24.3 Å². The lowest BCUT2D eigenvalue weighted by molar-refractivity contribution is -0.126. The second kappa shape index (κ2) is 5.84. The van der Waals surface area contributed by atoms with Gasteiger partial charge in [0.15, 0.2) is 0 Å². The Balaban J connectivity index is 0.969. The second-order valence-electron chi connectivity index (χ2n) is 10.8. The molecule has 1 saturated heterocycles. The fourth-order valence-electron chi connectivity index (χ4n) is 9.34. The predicted octanol–water partition coefficient (Wildman–Crippen LogP) is 2.08. The fourth-order valence-corrected chi connectivity index (χ4v) is 9.34. The second-order valence-corrected chi connectivity index (χ2v) is 10.8. The van der Waals surface area contributed by atoms with Gasteiger partial charge in [0.1, 0.15) is 5.75 Å². The Hall–Kier alpha value is -1.95. The SMILES string of the molecule is COc1cccc(N2CCC(NC(=O)NCC3(O)C4C5CC6C7C5CC4C7C63)C2)c1. The molecule has 160 valence electrons. The molecule has 7 rings (SSSR count). The Labute approximate surface area is 177 Å². The van der Waals surface area contributed by atoms with Crippen LogP contribution in [0.2, 0.25) is 0 Å². The highest BCUT2D eigenvalue weighted by atomic mass is 16.5. The van der Waals surface area contributed by atoms with E-state index in [1.165, 1.54) is 12.8 Å².